The van der Waals surface area contributed by atoms with E-state index in [1.54, 1.807) is 0 Å². The zero-order chi connectivity index (χ0) is 11.6. The quantitative estimate of drug-likeness (QED) is 0.611. The van der Waals surface area contributed by atoms with Crippen LogP contribution in [0.1, 0.15) is 11.3 Å². The summed E-state index contributed by atoms with van der Waals surface area (Å²) >= 11 is 1.86. The summed E-state index contributed by atoms with van der Waals surface area (Å²) in [6.07, 6.45) is -4.85. The minimum absolute atomic E-state index is 0.206. The van der Waals surface area contributed by atoms with Crippen LogP contribution in [0.15, 0.2) is 6.07 Å². The lowest BCUT2D eigenvalue weighted by Crippen LogP contribution is -2.19. The molecule has 0 aliphatic heterocycles. The van der Waals surface area contributed by atoms with Crippen molar-refractivity contribution < 1.29 is 22.3 Å². The average Bonchev–Trinajstić information content (AvgIpc) is 2.08. The fourth-order valence-electron chi connectivity index (χ4n) is 0.890. The second-order valence-electron chi connectivity index (χ2n) is 2.70. The molecule has 0 radical (unpaired) electrons. The van der Waals surface area contributed by atoms with Crippen molar-refractivity contribution in [3.05, 3.63) is 20.9 Å². The zero-order valence-corrected chi connectivity index (χ0v) is 9.69. The zero-order valence-electron chi connectivity index (χ0n) is 7.53. The average molecular weight is 335 g/mol. The van der Waals surface area contributed by atoms with E-state index >= 15 is 0 Å². The third-order valence-electron chi connectivity index (χ3n) is 1.55. The van der Waals surface area contributed by atoms with Gasteiger partial charge < -0.3 is 4.74 Å². The molecule has 0 spiro atoms. The molecule has 1 heterocycles. The lowest BCUT2D eigenvalue weighted by molar-refractivity contribution is -0.276. The lowest BCUT2D eigenvalue weighted by Gasteiger charge is -2.11. The molecule has 7 heteroatoms. The van der Waals surface area contributed by atoms with Gasteiger partial charge >= 0.3 is 6.36 Å². The summed E-state index contributed by atoms with van der Waals surface area (Å²) in [7, 11) is 0. The van der Waals surface area contributed by atoms with Crippen molar-refractivity contribution in [3.63, 3.8) is 0 Å². The van der Waals surface area contributed by atoms with Crippen LogP contribution in [0.5, 0.6) is 5.88 Å². The van der Waals surface area contributed by atoms with Crippen LogP contribution in [0.4, 0.5) is 17.6 Å². The first kappa shape index (κ1) is 12.5. The first-order valence-corrected chi connectivity index (χ1v) is 4.89. The fourth-order valence-corrected chi connectivity index (χ4v) is 1.39. The minimum Gasteiger partial charge on any atom is -0.387 e. The number of hydrogen-bond acceptors (Lipinski definition) is 2. The highest BCUT2D eigenvalue weighted by Gasteiger charge is 2.33. The van der Waals surface area contributed by atoms with Gasteiger partial charge in [-0.15, -0.1) is 13.2 Å². The van der Waals surface area contributed by atoms with Crippen LogP contribution in [0.3, 0.4) is 0 Å². The van der Waals surface area contributed by atoms with Gasteiger partial charge in [-0.2, -0.15) is 0 Å². The van der Waals surface area contributed by atoms with E-state index in [1.165, 1.54) is 13.0 Å². The molecule has 0 aliphatic carbocycles. The molecule has 0 atom stereocenters. The van der Waals surface area contributed by atoms with E-state index in [-0.39, 0.29) is 5.56 Å². The Labute approximate surface area is 96.8 Å². The largest absolute Gasteiger partial charge is 0.574 e. The van der Waals surface area contributed by atoms with Gasteiger partial charge in [-0.1, -0.05) is 0 Å². The standard InChI is InChI=1S/C8H6F4INO/c1-4-6(13)2-5(3-9)7(14-4)15-8(10,11)12/h2H,3H2,1H3. The van der Waals surface area contributed by atoms with Gasteiger partial charge in [-0.3, -0.25) is 0 Å². The molecule has 1 aromatic heterocycles. The van der Waals surface area contributed by atoms with Gasteiger partial charge in [0.2, 0.25) is 5.88 Å². The van der Waals surface area contributed by atoms with Crippen molar-refractivity contribution in [2.75, 3.05) is 0 Å². The molecule has 0 bridgehead atoms. The number of hydrogen-bond donors (Lipinski definition) is 0. The maximum atomic E-state index is 12.4. The second-order valence-corrected chi connectivity index (χ2v) is 3.86. The molecule has 0 saturated heterocycles. The Bertz CT molecular complexity index is 366. The van der Waals surface area contributed by atoms with Gasteiger partial charge in [0.25, 0.3) is 0 Å². The number of aromatic nitrogens is 1. The summed E-state index contributed by atoms with van der Waals surface area (Å²) in [4.78, 5) is 3.54. The number of pyridine rings is 1. The van der Waals surface area contributed by atoms with E-state index in [4.69, 9.17) is 0 Å². The Hall–Kier alpha value is -0.600. The number of ether oxygens (including phenoxy) is 1. The molecule has 0 unspecified atom stereocenters. The van der Waals surface area contributed by atoms with Crippen LogP contribution < -0.4 is 4.74 Å². The molecule has 1 aromatic rings. The van der Waals surface area contributed by atoms with E-state index in [1.807, 2.05) is 22.6 Å². The molecule has 1 rings (SSSR count). The third-order valence-corrected chi connectivity index (χ3v) is 2.64. The van der Waals surface area contributed by atoms with E-state index in [9.17, 15) is 17.6 Å². The molecule has 2 nitrogen and oxygen atoms in total. The van der Waals surface area contributed by atoms with Gasteiger partial charge in [0, 0.05) is 9.13 Å². The number of aryl methyl sites for hydroxylation is 1. The topological polar surface area (TPSA) is 22.1 Å². The van der Waals surface area contributed by atoms with Crippen molar-refractivity contribution >= 4 is 22.6 Å². The monoisotopic (exact) mass is 335 g/mol. The number of alkyl halides is 4. The maximum absolute atomic E-state index is 12.4. The molecule has 0 saturated carbocycles. The van der Waals surface area contributed by atoms with Crippen molar-refractivity contribution in [1.82, 2.24) is 4.98 Å². The predicted octanol–water partition coefficient (Wildman–Crippen LogP) is 3.36. The fraction of sp³-hybridized carbons (Fsp3) is 0.375. The number of rotatable bonds is 2. The molecular weight excluding hydrogens is 329 g/mol. The van der Waals surface area contributed by atoms with Gasteiger partial charge in [0.05, 0.1) is 5.69 Å². The normalized spacial score (nSPS) is 11.6. The van der Waals surface area contributed by atoms with Crippen molar-refractivity contribution in [2.45, 2.75) is 20.0 Å². The van der Waals surface area contributed by atoms with Gasteiger partial charge in [-0.25, -0.2) is 9.37 Å². The number of halogens is 5. The van der Waals surface area contributed by atoms with E-state index in [2.05, 4.69) is 9.72 Å². The summed E-state index contributed by atoms with van der Waals surface area (Å²) in [6.45, 7) is 0.474. The van der Waals surface area contributed by atoms with Crippen LogP contribution in [-0.2, 0) is 6.67 Å². The van der Waals surface area contributed by atoms with Gasteiger partial charge in [0.15, 0.2) is 0 Å². The summed E-state index contributed by atoms with van der Waals surface area (Å²) in [6, 6.07) is 1.28. The Kier molecular flexibility index (Phi) is 3.74. The molecule has 0 fully saturated rings. The molecular formula is C8H6F4INO. The summed E-state index contributed by atoms with van der Waals surface area (Å²) in [5.41, 5.74) is 0.161. The van der Waals surface area contributed by atoms with Crippen LogP contribution in [0.2, 0.25) is 0 Å². The van der Waals surface area contributed by atoms with Crippen LogP contribution in [-0.4, -0.2) is 11.3 Å². The Balaban J connectivity index is 3.11. The van der Waals surface area contributed by atoms with Crippen molar-refractivity contribution in [3.8, 4) is 5.88 Å². The lowest BCUT2D eigenvalue weighted by atomic mass is 10.2. The first-order chi connectivity index (χ1) is 6.83. The second kappa shape index (κ2) is 4.50. The van der Waals surface area contributed by atoms with Crippen LogP contribution >= 0.6 is 22.6 Å². The Morgan fingerprint density at radius 3 is 2.53 bits per heavy atom. The highest BCUT2D eigenvalue weighted by molar-refractivity contribution is 14.1. The van der Waals surface area contributed by atoms with Gasteiger partial charge in [0.1, 0.15) is 6.67 Å². The Morgan fingerprint density at radius 2 is 2.07 bits per heavy atom. The minimum atomic E-state index is -4.85. The highest BCUT2D eigenvalue weighted by Crippen LogP contribution is 2.27. The Morgan fingerprint density at radius 1 is 1.47 bits per heavy atom. The van der Waals surface area contributed by atoms with E-state index < -0.39 is 18.9 Å². The molecule has 0 aliphatic rings. The van der Waals surface area contributed by atoms with Gasteiger partial charge in [-0.05, 0) is 35.6 Å². The van der Waals surface area contributed by atoms with E-state index in [0.29, 0.717) is 9.26 Å². The number of nitrogens with zero attached hydrogens (tertiary/aromatic N) is 1. The summed E-state index contributed by atoms with van der Waals surface area (Å²) in [5, 5.41) is 0. The third kappa shape index (κ3) is 3.47. The molecule has 0 N–H and O–H groups in total. The van der Waals surface area contributed by atoms with Crippen LogP contribution in [0, 0.1) is 10.5 Å². The van der Waals surface area contributed by atoms with E-state index in [0.717, 1.165) is 0 Å². The first-order valence-electron chi connectivity index (χ1n) is 3.81. The summed E-state index contributed by atoms with van der Waals surface area (Å²) in [5.74, 6) is -0.720. The molecule has 0 aromatic carbocycles. The molecule has 0 amide bonds. The molecule has 15 heavy (non-hydrogen) atoms. The van der Waals surface area contributed by atoms with Crippen molar-refractivity contribution in [1.29, 1.82) is 0 Å². The van der Waals surface area contributed by atoms with Crippen molar-refractivity contribution in [2.24, 2.45) is 0 Å². The predicted molar refractivity (Wildman–Crippen MR) is 53.2 cm³/mol. The highest BCUT2D eigenvalue weighted by atomic mass is 127. The maximum Gasteiger partial charge on any atom is 0.574 e. The summed E-state index contributed by atoms with van der Waals surface area (Å²) < 4.78 is 52.3. The smallest absolute Gasteiger partial charge is 0.387 e. The van der Waals surface area contributed by atoms with Crippen LogP contribution in [0.25, 0.3) is 0 Å². The molecule has 84 valence electrons. The SMILES string of the molecule is Cc1nc(OC(F)(F)F)c(CF)cc1I.